The second-order valence-electron chi connectivity index (χ2n) is 7.63. The van der Waals surface area contributed by atoms with Crippen molar-refractivity contribution in [1.82, 2.24) is 5.32 Å². The SMILES string of the molecule is COc1ccc(OC)c(C(C)NC(=O)CCCN(c2cc(C)ccc2C)S(C)(=O)=O)c1. The number of ether oxygens (including phenoxy) is 2. The Labute approximate surface area is 185 Å². The molecular formula is C23H32N2O5S. The number of anilines is 1. The smallest absolute Gasteiger partial charge is 0.232 e. The third kappa shape index (κ3) is 6.62. The number of carbonyl (C=O) groups excluding carboxylic acids is 1. The molecule has 0 saturated heterocycles. The van der Waals surface area contributed by atoms with Gasteiger partial charge in [-0.3, -0.25) is 9.10 Å². The summed E-state index contributed by atoms with van der Waals surface area (Å²) in [6, 6.07) is 10.8. The Hall–Kier alpha value is -2.74. The number of carbonyl (C=O) groups is 1. The minimum Gasteiger partial charge on any atom is -0.497 e. The summed E-state index contributed by atoms with van der Waals surface area (Å²) >= 11 is 0. The third-order valence-corrected chi connectivity index (χ3v) is 6.26. The van der Waals surface area contributed by atoms with E-state index in [0.29, 0.717) is 23.6 Å². The van der Waals surface area contributed by atoms with Crippen molar-refractivity contribution in [2.45, 2.75) is 39.7 Å². The molecule has 0 aromatic heterocycles. The number of nitrogens with one attached hydrogen (secondary N) is 1. The van der Waals surface area contributed by atoms with Crippen LogP contribution in [-0.2, 0) is 14.8 Å². The Morgan fingerprint density at radius 1 is 1.10 bits per heavy atom. The van der Waals surface area contributed by atoms with Gasteiger partial charge in [0.15, 0.2) is 0 Å². The fraction of sp³-hybridized carbons (Fsp3) is 0.435. The van der Waals surface area contributed by atoms with Gasteiger partial charge in [0.2, 0.25) is 15.9 Å². The topological polar surface area (TPSA) is 84.9 Å². The molecule has 0 radical (unpaired) electrons. The van der Waals surface area contributed by atoms with Gasteiger partial charge >= 0.3 is 0 Å². The van der Waals surface area contributed by atoms with Crippen LogP contribution >= 0.6 is 0 Å². The quantitative estimate of drug-likeness (QED) is 0.598. The number of sulfonamides is 1. The average molecular weight is 449 g/mol. The fourth-order valence-electron chi connectivity index (χ4n) is 3.41. The minimum atomic E-state index is -3.47. The van der Waals surface area contributed by atoms with Gasteiger partial charge in [-0.15, -0.1) is 0 Å². The molecule has 0 heterocycles. The monoisotopic (exact) mass is 448 g/mol. The molecule has 2 aromatic carbocycles. The fourth-order valence-corrected chi connectivity index (χ4v) is 4.42. The van der Waals surface area contributed by atoms with Gasteiger partial charge in [-0.05, 0) is 62.6 Å². The maximum absolute atomic E-state index is 12.5. The van der Waals surface area contributed by atoms with Crippen molar-refractivity contribution in [1.29, 1.82) is 0 Å². The molecule has 31 heavy (non-hydrogen) atoms. The first-order chi connectivity index (χ1) is 14.6. The van der Waals surface area contributed by atoms with Crippen molar-refractivity contribution in [2.24, 2.45) is 0 Å². The number of amides is 1. The molecule has 170 valence electrons. The highest BCUT2D eigenvalue weighted by atomic mass is 32.2. The van der Waals surface area contributed by atoms with Crippen molar-refractivity contribution >= 4 is 21.6 Å². The molecule has 0 aliphatic carbocycles. The lowest BCUT2D eigenvalue weighted by Crippen LogP contribution is -2.33. The Bertz CT molecular complexity index is 1020. The Balaban J connectivity index is 2.04. The van der Waals surface area contributed by atoms with E-state index >= 15 is 0 Å². The lowest BCUT2D eigenvalue weighted by atomic mass is 10.1. The first-order valence-electron chi connectivity index (χ1n) is 10.1. The summed E-state index contributed by atoms with van der Waals surface area (Å²) in [6.45, 7) is 5.90. The van der Waals surface area contributed by atoms with Crippen LogP contribution in [0.5, 0.6) is 11.5 Å². The lowest BCUT2D eigenvalue weighted by molar-refractivity contribution is -0.121. The molecular weight excluding hydrogens is 416 g/mol. The van der Waals surface area contributed by atoms with Crippen LogP contribution in [0.15, 0.2) is 36.4 Å². The van der Waals surface area contributed by atoms with E-state index in [1.54, 1.807) is 26.4 Å². The summed E-state index contributed by atoms with van der Waals surface area (Å²) in [7, 11) is -0.309. The van der Waals surface area contributed by atoms with E-state index in [1.807, 2.05) is 45.0 Å². The molecule has 8 heteroatoms. The van der Waals surface area contributed by atoms with E-state index in [9.17, 15) is 13.2 Å². The molecule has 0 spiro atoms. The number of benzene rings is 2. The van der Waals surface area contributed by atoms with Crippen LogP contribution in [0.1, 0.15) is 42.5 Å². The molecule has 1 N–H and O–H groups in total. The van der Waals surface area contributed by atoms with Gasteiger partial charge in [0, 0.05) is 18.5 Å². The number of hydrogen-bond acceptors (Lipinski definition) is 5. The highest BCUT2D eigenvalue weighted by Gasteiger charge is 2.20. The zero-order valence-corrected chi connectivity index (χ0v) is 19.9. The van der Waals surface area contributed by atoms with E-state index in [-0.39, 0.29) is 24.9 Å². The van der Waals surface area contributed by atoms with E-state index < -0.39 is 10.0 Å². The van der Waals surface area contributed by atoms with Gasteiger partial charge in [0.25, 0.3) is 0 Å². The van der Waals surface area contributed by atoms with Crippen LogP contribution in [0, 0.1) is 13.8 Å². The van der Waals surface area contributed by atoms with Gasteiger partial charge in [-0.2, -0.15) is 0 Å². The first kappa shape index (κ1) is 24.5. The maximum atomic E-state index is 12.5. The highest BCUT2D eigenvalue weighted by Crippen LogP contribution is 2.29. The van der Waals surface area contributed by atoms with Crippen LogP contribution in [-0.4, -0.2) is 41.3 Å². The lowest BCUT2D eigenvalue weighted by Gasteiger charge is -2.25. The van der Waals surface area contributed by atoms with E-state index in [2.05, 4.69) is 5.32 Å². The van der Waals surface area contributed by atoms with Crippen LogP contribution in [0.3, 0.4) is 0 Å². The summed E-state index contributed by atoms with van der Waals surface area (Å²) in [5.74, 6) is 1.17. The van der Waals surface area contributed by atoms with Crippen LogP contribution < -0.4 is 19.1 Å². The summed E-state index contributed by atoms with van der Waals surface area (Å²) < 4.78 is 36.8. The molecule has 1 unspecified atom stereocenters. The zero-order valence-electron chi connectivity index (χ0n) is 19.1. The molecule has 1 amide bonds. The predicted octanol–water partition coefficient (Wildman–Crippen LogP) is 3.74. The van der Waals surface area contributed by atoms with Crippen molar-refractivity contribution in [2.75, 3.05) is 31.3 Å². The van der Waals surface area contributed by atoms with E-state index in [0.717, 1.165) is 16.7 Å². The standard InChI is InChI=1S/C23H32N2O5S/c1-16-9-10-17(2)21(14-16)25(31(6,27)28)13-7-8-23(26)24-18(3)20-15-19(29-4)11-12-22(20)30-5/h9-12,14-15,18H,7-8,13H2,1-6H3,(H,24,26). The van der Waals surface area contributed by atoms with Crippen LogP contribution in [0.2, 0.25) is 0 Å². The first-order valence-corrected chi connectivity index (χ1v) is 12.0. The summed E-state index contributed by atoms with van der Waals surface area (Å²) in [6.07, 6.45) is 1.79. The highest BCUT2D eigenvalue weighted by molar-refractivity contribution is 7.92. The van der Waals surface area contributed by atoms with Crippen molar-refractivity contribution < 1.29 is 22.7 Å². The summed E-state index contributed by atoms with van der Waals surface area (Å²) in [5, 5.41) is 2.95. The molecule has 0 aliphatic heterocycles. The molecule has 1 atom stereocenters. The second kappa shape index (κ2) is 10.5. The van der Waals surface area contributed by atoms with Gasteiger partial charge in [0.1, 0.15) is 11.5 Å². The molecule has 0 saturated carbocycles. The van der Waals surface area contributed by atoms with E-state index in [1.165, 1.54) is 10.6 Å². The van der Waals surface area contributed by atoms with Crippen LogP contribution in [0.4, 0.5) is 5.69 Å². The van der Waals surface area contributed by atoms with Gasteiger partial charge in [0.05, 0.1) is 32.2 Å². The van der Waals surface area contributed by atoms with Gasteiger partial charge in [-0.1, -0.05) is 12.1 Å². The van der Waals surface area contributed by atoms with Crippen LogP contribution in [0.25, 0.3) is 0 Å². The largest absolute Gasteiger partial charge is 0.497 e. The second-order valence-corrected chi connectivity index (χ2v) is 9.53. The van der Waals surface area contributed by atoms with E-state index in [4.69, 9.17) is 9.47 Å². The maximum Gasteiger partial charge on any atom is 0.232 e. The molecule has 0 aliphatic rings. The third-order valence-electron chi connectivity index (χ3n) is 5.08. The number of methoxy groups -OCH3 is 2. The molecule has 0 fully saturated rings. The number of nitrogens with zero attached hydrogens (tertiary/aromatic N) is 1. The van der Waals surface area contributed by atoms with Crippen molar-refractivity contribution in [3.05, 3.63) is 53.1 Å². The number of aryl methyl sites for hydroxylation is 2. The number of hydrogen-bond donors (Lipinski definition) is 1. The Kier molecular flexibility index (Phi) is 8.33. The molecule has 2 aromatic rings. The molecule has 7 nitrogen and oxygen atoms in total. The Morgan fingerprint density at radius 3 is 2.42 bits per heavy atom. The number of rotatable bonds is 10. The average Bonchev–Trinajstić information content (AvgIpc) is 2.71. The molecule has 0 bridgehead atoms. The van der Waals surface area contributed by atoms with Crippen molar-refractivity contribution in [3.63, 3.8) is 0 Å². The molecule has 2 rings (SSSR count). The zero-order chi connectivity index (χ0) is 23.2. The summed E-state index contributed by atoms with van der Waals surface area (Å²) in [5.41, 5.74) is 3.31. The van der Waals surface area contributed by atoms with Gasteiger partial charge < -0.3 is 14.8 Å². The summed E-state index contributed by atoms with van der Waals surface area (Å²) in [4.78, 5) is 12.5. The van der Waals surface area contributed by atoms with Gasteiger partial charge in [-0.25, -0.2) is 8.42 Å². The minimum absolute atomic E-state index is 0.160. The Morgan fingerprint density at radius 2 is 1.81 bits per heavy atom. The normalized spacial score (nSPS) is 12.2. The predicted molar refractivity (Wildman–Crippen MR) is 123 cm³/mol. The van der Waals surface area contributed by atoms with Crippen molar-refractivity contribution in [3.8, 4) is 11.5 Å².